The smallest absolute Gasteiger partial charge is 0.142 e. The van der Waals surface area contributed by atoms with Crippen LogP contribution in [0.4, 0.5) is 0 Å². The van der Waals surface area contributed by atoms with E-state index in [-0.39, 0.29) is 5.54 Å². The Kier molecular flexibility index (Phi) is 3.48. The van der Waals surface area contributed by atoms with Crippen LogP contribution in [-0.2, 0) is 5.54 Å². The molecular formula is C12H15BrClNO. The maximum Gasteiger partial charge on any atom is 0.142 e. The molecule has 1 heterocycles. The van der Waals surface area contributed by atoms with Crippen LogP contribution in [0.2, 0.25) is 5.02 Å². The zero-order chi connectivity index (χ0) is 11.8. The molecule has 2 nitrogen and oxygen atoms in total. The average molecular weight is 305 g/mol. The second-order valence-electron chi connectivity index (χ2n) is 4.33. The van der Waals surface area contributed by atoms with Crippen LogP contribution in [0.15, 0.2) is 16.6 Å². The molecule has 16 heavy (non-hydrogen) atoms. The van der Waals surface area contributed by atoms with Gasteiger partial charge in [0.2, 0.25) is 0 Å². The summed E-state index contributed by atoms with van der Waals surface area (Å²) in [5.41, 5.74) is 1.10. The molecule has 1 aromatic rings. The largest absolute Gasteiger partial charge is 0.495 e. The van der Waals surface area contributed by atoms with E-state index >= 15 is 0 Å². The Morgan fingerprint density at radius 2 is 2.25 bits per heavy atom. The number of hydrogen-bond donors (Lipinski definition) is 1. The van der Waals surface area contributed by atoms with Crippen LogP contribution in [0.5, 0.6) is 5.75 Å². The molecule has 1 saturated heterocycles. The molecule has 0 aromatic heterocycles. The molecule has 0 spiro atoms. The highest BCUT2D eigenvalue weighted by atomic mass is 79.9. The van der Waals surface area contributed by atoms with Crippen molar-refractivity contribution in [3.8, 4) is 5.75 Å². The van der Waals surface area contributed by atoms with Gasteiger partial charge in [-0.25, -0.2) is 0 Å². The maximum atomic E-state index is 6.19. The third-order valence-corrected chi connectivity index (χ3v) is 3.91. The predicted octanol–water partition coefficient (Wildman–Crippen LogP) is 3.71. The lowest BCUT2D eigenvalue weighted by atomic mass is 9.90. The van der Waals surface area contributed by atoms with E-state index in [0.717, 1.165) is 28.8 Å². The molecule has 1 N–H and O–H groups in total. The monoisotopic (exact) mass is 303 g/mol. The van der Waals surface area contributed by atoms with Crippen LogP contribution in [-0.4, -0.2) is 13.7 Å². The number of methoxy groups -OCH3 is 1. The summed E-state index contributed by atoms with van der Waals surface area (Å²) >= 11 is 9.67. The third-order valence-electron chi connectivity index (χ3n) is 3.18. The minimum Gasteiger partial charge on any atom is -0.495 e. The van der Waals surface area contributed by atoms with E-state index in [9.17, 15) is 0 Å². The molecule has 0 radical (unpaired) electrons. The summed E-state index contributed by atoms with van der Waals surface area (Å²) in [6.45, 7) is 3.24. The number of rotatable bonds is 2. The maximum absolute atomic E-state index is 6.19. The first-order valence-corrected chi connectivity index (χ1v) is 6.52. The van der Waals surface area contributed by atoms with Crippen LogP contribution in [0, 0.1) is 0 Å². The number of hydrogen-bond acceptors (Lipinski definition) is 2. The van der Waals surface area contributed by atoms with Crippen molar-refractivity contribution in [1.82, 2.24) is 5.32 Å². The van der Waals surface area contributed by atoms with Crippen LogP contribution < -0.4 is 10.1 Å². The molecule has 0 bridgehead atoms. The van der Waals surface area contributed by atoms with Gasteiger partial charge in [0.25, 0.3) is 0 Å². The lowest BCUT2D eigenvalue weighted by Crippen LogP contribution is -2.33. The van der Waals surface area contributed by atoms with Gasteiger partial charge in [-0.3, -0.25) is 0 Å². The predicted molar refractivity (Wildman–Crippen MR) is 70.3 cm³/mol. The summed E-state index contributed by atoms with van der Waals surface area (Å²) in [4.78, 5) is 0. The number of halogens is 2. The van der Waals surface area contributed by atoms with Crippen molar-refractivity contribution in [3.05, 3.63) is 27.2 Å². The van der Waals surface area contributed by atoms with Crippen LogP contribution in [0.25, 0.3) is 0 Å². The normalized spacial score (nSPS) is 24.8. The zero-order valence-corrected chi connectivity index (χ0v) is 11.8. The Balaban J connectivity index is 2.53. The number of ether oxygens (including phenoxy) is 1. The van der Waals surface area contributed by atoms with E-state index in [2.05, 4.69) is 34.2 Å². The van der Waals surface area contributed by atoms with Crippen molar-refractivity contribution in [1.29, 1.82) is 0 Å². The number of nitrogens with one attached hydrogen (secondary N) is 1. The summed E-state index contributed by atoms with van der Waals surface area (Å²) in [7, 11) is 1.66. The summed E-state index contributed by atoms with van der Waals surface area (Å²) in [5, 5.41) is 4.17. The Morgan fingerprint density at radius 3 is 2.81 bits per heavy atom. The molecule has 0 amide bonds. The van der Waals surface area contributed by atoms with Gasteiger partial charge in [-0.05, 0) is 38.4 Å². The van der Waals surface area contributed by atoms with Crippen LogP contribution in [0.3, 0.4) is 0 Å². The molecular weight excluding hydrogens is 289 g/mol. The quantitative estimate of drug-likeness (QED) is 0.899. The first-order valence-electron chi connectivity index (χ1n) is 5.35. The van der Waals surface area contributed by atoms with E-state index in [1.54, 1.807) is 7.11 Å². The minimum absolute atomic E-state index is 0.0290. The number of benzene rings is 1. The molecule has 88 valence electrons. The van der Waals surface area contributed by atoms with Crippen LogP contribution in [0.1, 0.15) is 25.3 Å². The Hall–Kier alpha value is -0.250. The van der Waals surface area contributed by atoms with E-state index in [4.69, 9.17) is 16.3 Å². The fourth-order valence-electron chi connectivity index (χ4n) is 2.30. The Morgan fingerprint density at radius 1 is 1.50 bits per heavy atom. The van der Waals surface area contributed by atoms with Gasteiger partial charge < -0.3 is 10.1 Å². The van der Waals surface area contributed by atoms with E-state index in [0.29, 0.717) is 5.02 Å². The van der Waals surface area contributed by atoms with Gasteiger partial charge in [-0.1, -0.05) is 27.5 Å². The minimum atomic E-state index is -0.0290. The van der Waals surface area contributed by atoms with Gasteiger partial charge in [-0.2, -0.15) is 0 Å². The molecule has 1 aromatic carbocycles. The molecule has 4 heteroatoms. The van der Waals surface area contributed by atoms with Gasteiger partial charge in [-0.15, -0.1) is 0 Å². The standard InChI is InChI=1S/C12H15BrClNO/c1-12(4-3-5-15-12)9-6-8(13)7-10(14)11(9)16-2/h6-7,15H,3-5H2,1-2H3. The fourth-order valence-corrected chi connectivity index (χ4v) is 3.19. The molecule has 0 aliphatic carbocycles. The Bertz CT molecular complexity index is 402. The topological polar surface area (TPSA) is 21.3 Å². The summed E-state index contributed by atoms with van der Waals surface area (Å²) in [6.07, 6.45) is 2.29. The molecule has 2 rings (SSSR count). The highest BCUT2D eigenvalue weighted by Gasteiger charge is 2.33. The average Bonchev–Trinajstić information content (AvgIpc) is 2.65. The molecule has 1 unspecified atom stereocenters. The van der Waals surface area contributed by atoms with Crippen molar-refractivity contribution < 1.29 is 4.74 Å². The zero-order valence-electron chi connectivity index (χ0n) is 9.44. The first kappa shape index (κ1) is 12.2. The SMILES string of the molecule is COc1c(Cl)cc(Br)cc1C1(C)CCCN1. The van der Waals surface area contributed by atoms with Gasteiger partial charge in [0.1, 0.15) is 5.75 Å². The van der Waals surface area contributed by atoms with Crippen molar-refractivity contribution in [2.24, 2.45) is 0 Å². The lowest BCUT2D eigenvalue weighted by Gasteiger charge is -2.27. The van der Waals surface area contributed by atoms with E-state index in [1.165, 1.54) is 6.42 Å². The lowest BCUT2D eigenvalue weighted by molar-refractivity contribution is 0.371. The second-order valence-corrected chi connectivity index (χ2v) is 5.65. The Labute approximate surface area is 109 Å². The first-order chi connectivity index (χ1) is 7.57. The highest BCUT2D eigenvalue weighted by molar-refractivity contribution is 9.10. The van der Waals surface area contributed by atoms with Crippen molar-refractivity contribution >= 4 is 27.5 Å². The van der Waals surface area contributed by atoms with Crippen molar-refractivity contribution in [2.75, 3.05) is 13.7 Å². The summed E-state index contributed by atoms with van der Waals surface area (Å²) in [5.74, 6) is 0.779. The molecule has 1 atom stereocenters. The second kappa shape index (κ2) is 4.55. The molecule has 0 saturated carbocycles. The van der Waals surface area contributed by atoms with Gasteiger partial charge >= 0.3 is 0 Å². The molecule has 1 aliphatic heterocycles. The highest BCUT2D eigenvalue weighted by Crippen LogP contribution is 2.41. The van der Waals surface area contributed by atoms with E-state index < -0.39 is 0 Å². The van der Waals surface area contributed by atoms with Gasteiger partial charge in [0.15, 0.2) is 0 Å². The fraction of sp³-hybridized carbons (Fsp3) is 0.500. The van der Waals surface area contributed by atoms with E-state index in [1.807, 2.05) is 6.07 Å². The summed E-state index contributed by atoms with van der Waals surface area (Å²) in [6, 6.07) is 3.95. The molecule has 1 fully saturated rings. The van der Waals surface area contributed by atoms with Crippen molar-refractivity contribution in [2.45, 2.75) is 25.3 Å². The summed E-state index contributed by atoms with van der Waals surface area (Å²) < 4.78 is 6.41. The molecule has 1 aliphatic rings. The van der Waals surface area contributed by atoms with Crippen molar-refractivity contribution in [3.63, 3.8) is 0 Å². The van der Waals surface area contributed by atoms with Gasteiger partial charge in [0.05, 0.1) is 12.1 Å². The van der Waals surface area contributed by atoms with Crippen LogP contribution >= 0.6 is 27.5 Å². The van der Waals surface area contributed by atoms with Gasteiger partial charge in [0, 0.05) is 15.6 Å². The third kappa shape index (κ3) is 2.08.